The standard InChI is InChI=1S/C4H6ClFN2O/c5-4(6)1-2(4)3(9)8-7/h2H,1,7H2,(H,8,9). The summed E-state index contributed by atoms with van der Waals surface area (Å²) in [6.45, 7) is 0. The van der Waals surface area contributed by atoms with Crippen molar-refractivity contribution in [1.29, 1.82) is 0 Å². The van der Waals surface area contributed by atoms with Crippen LogP contribution in [0.5, 0.6) is 0 Å². The Morgan fingerprint density at radius 2 is 2.44 bits per heavy atom. The van der Waals surface area contributed by atoms with Gasteiger partial charge in [-0.3, -0.25) is 10.2 Å². The van der Waals surface area contributed by atoms with Gasteiger partial charge in [-0.2, -0.15) is 0 Å². The topological polar surface area (TPSA) is 55.1 Å². The second-order valence-electron chi connectivity index (χ2n) is 2.03. The summed E-state index contributed by atoms with van der Waals surface area (Å²) in [5.41, 5.74) is 1.82. The van der Waals surface area contributed by atoms with Gasteiger partial charge in [0.25, 0.3) is 0 Å². The number of carbonyl (C=O) groups is 1. The van der Waals surface area contributed by atoms with Crippen LogP contribution in [0.3, 0.4) is 0 Å². The van der Waals surface area contributed by atoms with Gasteiger partial charge in [0.2, 0.25) is 5.91 Å². The van der Waals surface area contributed by atoms with E-state index in [0.29, 0.717) is 0 Å². The maximum absolute atomic E-state index is 12.3. The van der Waals surface area contributed by atoms with Gasteiger partial charge in [-0.15, -0.1) is 0 Å². The Hall–Kier alpha value is -0.350. The lowest BCUT2D eigenvalue weighted by Gasteiger charge is -1.94. The molecule has 0 spiro atoms. The van der Waals surface area contributed by atoms with Crippen LogP contribution in [-0.4, -0.2) is 11.0 Å². The SMILES string of the molecule is NNC(=O)C1CC1(F)Cl. The maximum atomic E-state index is 12.3. The zero-order chi connectivity index (χ0) is 7.07. The largest absolute Gasteiger partial charge is 0.294 e. The van der Waals surface area contributed by atoms with Crippen LogP contribution >= 0.6 is 11.6 Å². The second kappa shape index (κ2) is 1.82. The summed E-state index contributed by atoms with van der Waals surface area (Å²) in [5.74, 6) is 3.43. The molecule has 5 heteroatoms. The molecule has 3 nitrogen and oxygen atoms in total. The highest BCUT2D eigenvalue weighted by atomic mass is 35.5. The van der Waals surface area contributed by atoms with Gasteiger partial charge < -0.3 is 0 Å². The van der Waals surface area contributed by atoms with Crippen LogP contribution in [0.4, 0.5) is 4.39 Å². The van der Waals surface area contributed by atoms with Crippen LogP contribution in [0.25, 0.3) is 0 Å². The van der Waals surface area contributed by atoms with E-state index >= 15 is 0 Å². The molecular formula is C4H6ClFN2O. The second-order valence-corrected chi connectivity index (χ2v) is 2.65. The Bertz CT molecular complexity index is 150. The molecule has 0 aliphatic heterocycles. The molecule has 0 saturated heterocycles. The fourth-order valence-electron chi connectivity index (χ4n) is 0.598. The molecule has 0 aromatic heterocycles. The first-order chi connectivity index (χ1) is 4.08. The van der Waals surface area contributed by atoms with E-state index in [0.717, 1.165) is 0 Å². The number of rotatable bonds is 1. The number of alkyl halides is 2. The quantitative estimate of drug-likeness (QED) is 0.239. The van der Waals surface area contributed by atoms with Crippen molar-refractivity contribution in [3.63, 3.8) is 0 Å². The van der Waals surface area contributed by atoms with Crippen molar-refractivity contribution < 1.29 is 9.18 Å². The van der Waals surface area contributed by atoms with E-state index < -0.39 is 17.0 Å². The molecule has 2 atom stereocenters. The minimum absolute atomic E-state index is 0.0671. The number of hydrogen-bond acceptors (Lipinski definition) is 2. The highest BCUT2D eigenvalue weighted by Gasteiger charge is 2.58. The van der Waals surface area contributed by atoms with E-state index in [9.17, 15) is 9.18 Å². The molecule has 1 aliphatic rings. The van der Waals surface area contributed by atoms with Crippen LogP contribution in [0.15, 0.2) is 0 Å². The van der Waals surface area contributed by atoms with Crippen LogP contribution in [0.2, 0.25) is 0 Å². The molecule has 0 heterocycles. The van der Waals surface area contributed by atoms with E-state index in [4.69, 9.17) is 17.4 Å². The highest BCUT2D eigenvalue weighted by molar-refractivity contribution is 6.27. The van der Waals surface area contributed by atoms with Crippen molar-refractivity contribution in [3.8, 4) is 0 Å². The minimum Gasteiger partial charge on any atom is -0.294 e. The van der Waals surface area contributed by atoms with E-state index in [1.807, 2.05) is 5.43 Å². The normalized spacial score (nSPS) is 40.1. The number of nitrogens with one attached hydrogen (secondary N) is 1. The Balaban J connectivity index is 2.42. The zero-order valence-corrected chi connectivity index (χ0v) is 5.28. The predicted octanol–water partition coefficient (Wildman–Crippen LogP) is -0.0992. The number of hydrogen-bond donors (Lipinski definition) is 2. The van der Waals surface area contributed by atoms with E-state index in [1.54, 1.807) is 0 Å². The predicted molar refractivity (Wildman–Crippen MR) is 30.1 cm³/mol. The van der Waals surface area contributed by atoms with Gasteiger partial charge in [0.1, 0.15) is 0 Å². The smallest absolute Gasteiger partial charge is 0.241 e. The number of halogens is 2. The van der Waals surface area contributed by atoms with Gasteiger partial charge >= 0.3 is 0 Å². The Morgan fingerprint density at radius 3 is 2.56 bits per heavy atom. The molecule has 0 bridgehead atoms. The summed E-state index contributed by atoms with van der Waals surface area (Å²) in [7, 11) is 0. The molecule has 1 aliphatic carbocycles. The molecule has 0 radical (unpaired) electrons. The first kappa shape index (κ1) is 6.77. The van der Waals surface area contributed by atoms with Crippen molar-refractivity contribution in [2.24, 2.45) is 11.8 Å². The Labute approximate surface area is 56.3 Å². The average molecular weight is 153 g/mol. The number of amides is 1. The van der Waals surface area contributed by atoms with Crippen LogP contribution < -0.4 is 11.3 Å². The molecule has 3 N–H and O–H groups in total. The third-order valence-corrected chi connectivity index (χ3v) is 1.70. The first-order valence-electron chi connectivity index (χ1n) is 2.46. The molecule has 1 rings (SSSR count). The van der Waals surface area contributed by atoms with Crippen molar-refractivity contribution >= 4 is 17.5 Å². The van der Waals surface area contributed by atoms with Crippen molar-refractivity contribution in [1.82, 2.24) is 5.43 Å². The van der Waals surface area contributed by atoms with Crippen molar-refractivity contribution in [3.05, 3.63) is 0 Å². The molecule has 0 aromatic carbocycles. The number of carbonyl (C=O) groups excluding carboxylic acids is 1. The fraction of sp³-hybridized carbons (Fsp3) is 0.750. The van der Waals surface area contributed by atoms with Gasteiger partial charge in [0.05, 0.1) is 5.92 Å². The zero-order valence-electron chi connectivity index (χ0n) is 4.53. The van der Waals surface area contributed by atoms with Crippen LogP contribution in [0.1, 0.15) is 6.42 Å². The average Bonchev–Trinajstić information content (AvgIpc) is 2.38. The molecule has 2 unspecified atom stereocenters. The van der Waals surface area contributed by atoms with Crippen molar-refractivity contribution in [2.75, 3.05) is 0 Å². The number of nitrogens with two attached hydrogens (primary N) is 1. The Kier molecular flexibility index (Phi) is 1.36. The van der Waals surface area contributed by atoms with Gasteiger partial charge in [-0.1, -0.05) is 11.6 Å². The van der Waals surface area contributed by atoms with E-state index in [-0.39, 0.29) is 6.42 Å². The third kappa shape index (κ3) is 1.14. The lowest BCUT2D eigenvalue weighted by Crippen LogP contribution is -2.32. The molecular weight excluding hydrogens is 147 g/mol. The lowest BCUT2D eigenvalue weighted by atomic mass is 10.4. The summed E-state index contributed by atoms with van der Waals surface area (Å²) < 4.78 is 12.3. The summed E-state index contributed by atoms with van der Waals surface area (Å²) in [4.78, 5) is 10.4. The maximum Gasteiger partial charge on any atom is 0.241 e. The lowest BCUT2D eigenvalue weighted by molar-refractivity contribution is -0.122. The summed E-state index contributed by atoms with van der Waals surface area (Å²) in [6, 6.07) is 0. The van der Waals surface area contributed by atoms with Crippen LogP contribution in [0, 0.1) is 5.92 Å². The van der Waals surface area contributed by atoms with Gasteiger partial charge in [0, 0.05) is 6.42 Å². The van der Waals surface area contributed by atoms with Gasteiger partial charge in [-0.25, -0.2) is 10.2 Å². The summed E-state index contributed by atoms with van der Waals surface area (Å²) in [6.07, 6.45) is 0.0671. The molecule has 1 fully saturated rings. The highest BCUT2D eigenvalue weighted by Crippen LogP contribution is 2.50. The fourth-order valence-corrected chi connectivity index (χ4v) is 0.852. The molecule has 1 amide bonds. The first-order valence-corrected chi connectivity index (χ1v) is 2.84. The van der Waals surface area contributed by atoms with Gasteiger partial charge in [-0.05, 0) is 0 Å². The van der Waals surface area contributed by atoms with E-state index in [1.165, 1.54) is 0 Å². The van der Waals surface area contributed by atoms with Crippen molar-refractivity contribution in [2.45, 2.75) is 11.5 Å². The number of hydrazine groups is 1. The van der Waals surface area contributed by atoms with Gasteiger partial charge in [0.15, 0.2) is 5.13 Å². The summed E-state index contributed by atoms with van der Waals surface area (Å²) in [5, 5.41) is -1.83. The monoisotopic (exact) mass is 152 g/mol. The molecule has 1 saturated carbocycles. The Morgan fingerprint density at radius 1 is 2.00 bits per heavy atom. The van der Waals surface area contributed by atoms with Crippen LogP contribution in [-0.2, 0) is 4.79 Å². The third-order valence-electron chi connectivity index (χ3n) is 1.28. The van der Waals surface area contributed by atoms with E-state index in [2.05, 4.69) is 0 Å². The summed E-state index contributed by atoms with van der Waals surface area (Å²) >= 11 is 5.10. The molecule has 0 aromatic rings. The molecule has 9 heavy (non-hydrogen) atoms. The molecule has 52 valence electrons. The minimum atomic E-state index is -1.83.